The van der Waals surface area contributed by atoms with E-state index in [4.69, 9.17) is 47.2 Å². The Morgan fingerprint density at radius 2 is 1.16 bits per heavy atom. The number of carbonyl (C=O) groups is 3. The molecule has 89 heavy (non-hydrogen) atoms. The first-order valence-corrected chi connectivity index (χ1v) is 37.7. The fourth-order valence-electron chi connectivity index (χ4n) is 9.18. The minimum absolute atomic E-state index is 0.172. The van der Waals surface area contributed by atoms with Crippen LogP contribution in [0.4, 0.5) is 20.1 Å². The summed E-state index contributed by atoms with van der Waals surface area (Å²) >= 11 is 11.3. The van der Waals surface area contributed by atoms with Crippen LogP contribution in [0.3, 0.4) is 0 Å². The van der Waals surface area contributed by atoms with Gasteiger partial charge in [-0.2, -0.15) is 20.4 Å². The van der Waals surface area contributed by atoms with Gasteiger partial charge in [-0.25, -0.2) is 43.7 Å². The maximum absolute atomic E-state index is 12.6. The zero-order valence-corrected chi connectivity index (χ0v) is 56.5. The molecule has 0 unspecified atom stereocenters. The number of aromatic nitrogens is 12. The number of rotatable bonds is 14. The predicted molar refractivity (Wildman–Crippen MR) is 345 cm³/mol. The van der Waals surface area contributed by atoms with E-state index in [-0.39, 0.29) is 31.0 Å². The third-order valence-corrected chi connectivity index (χ3v) is 17.5. The Labute approximate surface area is 532 Å². The van der Waals surface area contributed by atoms with Crippen molar-refractivity contribution < 1.29 is 43.4 Å². The monoisotopic (exact) mass is 1300 g/mol. The van der Waals surface area contributed by atoms with E-state index < -0.39 is 40.6 Å². The minimum Gasteiger partial charge on any atom is -0.444 e. The highest BCUT2D eigenvalue weighted by Crippen LogP contribution is 2.31. The lowest BCUT2D eigenvalue weighted by atomic mass is 9.81. The van der Waals surface area contributed by atoms with Gasteiger partial charge in [-0.05, 0) is 96.1 Å². The molecule has 6 aromatic heterocycles. The molecule has 4 N–H and O–H groups in total. The SMILES string of the molecule is CC(C)(C)OC(=O)N1CCc2c(c(-c3ncccn3)nn2COCC[Si](C)(C)C)C1.CC(C)(C)OC(=O)N1CCc2c(c(B(O)O)nn2COCC[Si](C)(C)C)C1.Clc1cccnn1.O=C(Nc1cccc(Cl)c1)N1CCc2[nH]nc(-c3ncccn3)c2C1. The smallest absolute Gasteiger partial charge is 0.444 e. The highest BCUT2D eigenvalue weighted by atomic mass is 35.5. The van der Waals surface area contributed by atoms with Crippen molar-refractivity contribution in [1.29, 1.82) is 0 Å². The predicted octanol–water partition coefficient (Wildman–Crippen LogP) is 9.35. The standard InChI is InChI=1S/C21H33N5O3Si.C17H32BN3O5Si.C17H15ClN6O.C4H3ClN2/c1-21(2,3)29-20(27)25-11-8-17-16(14-25)18(19-22-9-7-10-23-19)24-26(17)15-28-12-13-30(4,5)6;1-17(2,3)26-16(22)20-8-7-14-13(11-20)15(18(23)24)19-21(14)12-25-9-10-27(4,5)6;18-11-3-1-4-12(9-11)21-17(25)24-8-5-14-13(10-24)15(23-22-14)16-19-6-2-7-20-16;5-4-2-1-3-6-7-4/h7,9-10H,8,11-15H2,1-6H3;23-24H,7-12H2,1-6H3;1-4,6-7,9H,5,8,10H2,(H,21,25)(H,22,23);1-3H. The summed E-state index contributed by atoms with van der Waals surface area (Å²) in [6.07, 6.45) is 9.56. The number of hydrogen-bond donors (Lipinski definition) is 4. The fraction of sp³-hybridized carbons (Fsp3) is 0.492. The molecular weight excluding hydrogens is 1210 g/mol. The number of H-pyrrole nitrogens is 1. The Morgan fingerprint density at radius 1 is 0.640 bits per heavy atom. The summed E-state index contributed by atoms with van der Waals surface area (Å²) in [6, 6.07) is 16.0. The van der Waals surface area contributed by atoms with Gasteiger partial charge in [0.1, 0.15) is 36.1 Å². The van der Waals surface area contributed by atoms with Gasteiger partial charge < -0.3 is 49.0 Å². The lowest BCUT2D eigenvalue weighted by Crippen LogP contribution is -2.43. The number of nitrogens with one attached hydrogen (secondary N) is 2. The molecule has 0 atom stereocenters. The number of nitrogens with zero attached hydrogens (tertiary/aromatic N) is 14. The third kappa shape index (κ3) is 21.5. The molecule has 3 aliphatic rings. The summed E-state index contributed by atoms with van der Waals surface area (Å²) in [5, 5.41) is 46.7. The molecular formula is C59H83BCl2N16O9Si2. The molecule has 9 heterocycles. The van der Waals surface area contributed by atoms with Crippen LogP contribution >= 0.6 is 23.2 Å². The average molecular weight is 1300 g/mol. The number of fused-ring (bicyclic) bond motifs is 3. The second kappa shape index (κ2) is 31.0. The van der Waals surface area contributed by atoms with E-state index in [0.29, 0.717) is 110 Å². The van der Waals surface area contributed by atoms with Crippen LogP contribution in [0.5, 0.6) is 0 Å². The van der Waals surface area contributed by atoms with E-state index in [0.717, 1.165) is 46.9 Å². The van der Waals surface area contributed by atoms with E-state index in [2.05, 4.69) is 90.0 Å². The van der Waals surface area contributed by atoms with Gasteiger partial charge in [0.15, 0.2) is 16.8 Å². The fourth-order valence-corrected chi connectivity index (χ4v) is 11.0. The Kier molecular flexibility index (Phi) is 24.2. The van der Waals surface area contributed by atoms with Crippen molar-refractivity contribution in [3.05, 3.63) is 123 Å². The normalized spacial score (nSPS) is 13.9. The highest BCUT2D eigenvalue weighted by Gasteiger charge is 2.35. The second-order valence-corrected chi connectivity index (χ2v) is 37.9. The zero-order chi connectivity index (χ0) is 64.7. The zero-order valence-electron chi connectivity index (χ0n) is 53.0. The molecule has 25 nitrogen and oxygen atoms in total. The molecule has 0 saturated heterocycles. The number of amides is 4. The molecule has 0 aliphatic carbocycles. The average Bonchev–Trinajstić information content (AvgIpc) is 1.75. The van der Waals surface area contributed by atoms with Crippen molar-refractivity contribution in [2.45, 2.75) is 156 Å². The molecule has 4 amide bonds. The highest BCUT2D eigenvalue weighted by molar-refractivity contribution is 6.76. The van der Waals surface area contributed by atoms with Crippen molar-refractivity contribution in [1.82, 2.24) is 74.6 Å². The number of urea groups is 1. The van der Waals surface area contributed by atoms with Crippen LogP contribution in [0.25, 0.3) is 23.0 Å². The molecule has 7 aromatic rings. The first kappa shape index (κ1) is 69.3. The van der Waals surface area contributed by atoms with Crippen molar-refractivity contribution in [2.75, 3.05) is 38.2 Å². The molecule has 0 saturated carbocycles. The summed E-state index contributed by atoms with van der Waals surface area (Å²) in [4.78, 5) is 59.8. The van der Waals surface area contributed by atoms with Crippen molar-refractivity contribution in [3.8, 4) is 23.0 Å². The summed E-state index contributed by atoms with van der Waals surface area (Å²) < 4.78 is 26.3. The first-order valence-electron chi connectivity index (χ1n) is 29.5. The van der Waals surface area contributed by atoms with Crippen molar-refractivity contribution in [3.63, 3.8) is 0 Å². The summed E-state index contributed by atoms with van der Waals surface area (Å²) in [6.45, 7) is 29.8. The van der Waals surface area contributed by atoms with E-state index in [1.807, 2.05) is 46.2 Å². The van der Waals surface area contributed by atoms with Crippen LogP contribution < -0.4 is 10.9 Å². The number of hydrogen-bond acceptors (Lipinski definition) is 18. The second-order valence-electron chi connectivity index (χ2n) is 25.8. The van der Waals surface area contributed by atoms with Gasteiger partial charge in [-0.15, -0.1) is 5.10 Å². The minimum atomic E-state index is -1.69. The molecule has 1 aromatic carbocycles. The summed E-state index contributed by atoms with van der Waals surface area (Å²) in [7, 11) is -4.01. The topological polar surface area (TPSA) is 292 Å². The maximum Gasteiger partial charge on any atom is 0.510 e. The number of ether oxygens (including phenoxy) is 4. The molecule has 10 rings (SSSR count). The van der Waals surface area contributed by atoms with Crippen LogP contribution in [0.1, 0.15) is 75.3 Å². The molecule has 0 spiro atoms. The van der Waals surface area contributed by atoms with Crippen molar-refractivity contribution in [2.24, 2.45) is 0 Å². The number of halogens is 2. The number of aromatic amines is 1. The van der Waals surface area contributed by atoms with Gasteiger partial charge in [0.05, 0.1) is 25.2 Å². The Morgan fingerprint density at radius 3 is 1.65 bits per heavy atom. The van der Waals surface area contributed by atoms with Gasteiger partial charge >= 0.3 is 25.3 Å². The Balaban J connectivity index is 0.000000180. The molecule has 478 valence electrons. The lowest BCUT2D eigenvalue weighted by Gasteiger charge is -2.30. The van der Waals surface area contributed by atoms with Gasteiger partial charge in [0, 0.05) is 144 Å². The first-order chi connectivity index (χ1) is 42.0. The van der Waals surface area contributed by atoms with Gasteiger partial charge in [-0.3, -0.25) is 5.10 Å². The van der Waals surface area contributed by atoms with Gasteiger partial charge in [-0.1, -0.05) is 68.6 Å². The van der Waals surface area contributed by atoms with E-state index in [1.165, 1.54) is 0 Å². The van der Waals surface area contributed by atoms with E-state index >= 15 is 0 Å². The summed E-state index contributed by atoms with van der Waals surface area (Å²) in [5.41, 5.74) is 6.69. The molecule has 0 bridgehead atoms. The number of anilines is 1. The maximum atomic E-state index is 12.6. The van der Waals surface area contributed by atoms with Crippen LogP contribution in [0.15, 0.2) is 79.5 Å². The van der Waals surface area contributed by atoms with Crippen molar-refractivity contribution >= 4 is 76.0 Å². The molecule has 0 fully saturated rings. The molecule has 30 heteroatoms. The molecule has 0 radical (unpaired) electrons. The lowest BCUT2D eigenvalue weighted by molar-refractivity contribution is 0.0208. The van der Waals surface area contributed by atoms with Crippen LogP contribution in [0.2, 0.25) is 61.5 Å². The van der Waals surface area contributed by atoms with E-state index in [9.17, 15) is 24.4 Å². The number of carbonyl (C=O) groups excluding carboxylic acids is 3. The quantitative estimate of drug-likeness (QED) is 0.0582. The molecule has 3 aliphatic heterocycles. The van der Waals surface area contributed by atoms with Gasteiger partial charge in [0.25, 0.3) is 0 Å². The van der Waals surface area contributed by atoms with Crippen LogP contribution in [0, 0.1) is 0 Å². The summed E-state index contributed by atoms with van der Waals surface area (Å²) in [5.74, 6) is 1.11. The third-order valence-electron chi connectivity index (χ3n) is 13.7. The Bertz CT molecular complexity index is 3430. The van der Waals surface area contributed by atoms with E-state index in [1.54, 1.807) is 98.9 Å². The van der Waals surface area contributed by atoms with Gasteiger partial charge in [0.2, 0.25) is 0 Å². The Hall–Kier alpha value is -7.18. The van der Waals surface area contributed by atoms with Crippen LogP contribution in [-0.2, 0) is 71.3 Å². The van der Waals surface area contributed by atoms with Crippen LogP contribution in [-0.4, -0.2) is 170 Å². The number of benzene rings is 1. The largest absolute Gasteiger partial charge is 0.510 e.